The van der Waals surface area contributed by atoms with Crippen molar-refractivity contribution in [2.24, 2.45) is 0 Å². The third-order valence-corrected chi connectivity index (χ3v) is 5.52. The maximum atomic E-state index is 12.4. The molecule has 118 valence electrons. The number of benzene rings is 1. The summed E-state index contributed by atoms with van der Waals surface area (Å²) in [5.74, 6) is -0.281. The highest BCUT2D eigenvalue weighted by Crippen LogP contribution is 2.26. The molecule has 0 radical (unpaired) electrons. The van der Waals surface area contributed by atoms with Crippen molar-refractivity contribution in [3.63, 3.8) is 0 Å². The Bertz CT molecular complexity index is 675. The summed E-state index contributed by atoms with van der Waals surface area (Å²) in [7, 11) is -1.38. The van der Waals surface area contributed by atoms with Crippen LogP contribution in [0, 0.1) is 0 Å². The van der Waals surface area contributed by atoms with Gasteiger partial charge in [0.15, 0.2) is 5.13 Å². The van der Waals surface area contributed by atoms with Crippen molar-refractivity contribution in [2.75, 3.05) is 5.32 Å². The smallest absolute Gasteiger partial charge is 0.241 e. The molecule has 0 saturated heterocycles. The average Bonchev–Trinajstić information content (AvgIpc) is 2.95. The fourth-order valence-corrected chi connectivity index (χ4v) is 3.77. The molecule has 1 aromatic heterocycles. The van der Waals surface area contributed by atoms with E-state index in [9.17, 15) is 9.00 Å². The van der Waals surface area contributed by atoms with Crippen LogP contribution in [0.1, 0.15) is 33.4 Å². The molecule has 0 aliphatic rings. The Morgan fingerprint density at radius 1 is 1.27 bits per heavy atom. The zero-order valence-corrected chi connectivity index (χ0v) is 14.8. The van der Waals surface area contributed by atoms with Gasteiger partial charge in [-0.2, -0.15) is 0 Å². The highest BCUT2D eigenvalue weighted by atomic mass is 32.2. The van der Waals surface area contributed by atoms with Gasteiger partial charge in [0.1, 0.15) is 5.25 Å². The van der Waals surface area contributed by atoms with Gasteiger partial charge in [0, 0.05) is 15.7 Å². The van der Waals surface area contributed by atoms with E-state index in [0.29, 0.717) is 10.0 Å². The summed E-state index contributed by atoms with van der Waals surface area (Å²) in [6.45, 7) is 7.87. The Hall–Kier alpha value is -1.53. The Morgan fingerprint density at radius 3 is 2.45 bits per heavy atom. The van der Waals surface area contributed by atoms with Crippen LogP contribution in [-0.2, 0) is 21.0 Å². The summed E-state index contributed by atoms with van der Waals surface area (Å²) in [5, 5.41) is 4.61. The molecule has 0 fully saturated rings. The van der Waals surface area contributed by atoms with Crippen LogP contribution >= 0.6 is 11.3 Å². The quantitative estimate of drug-likeness (QED) is 0.928. The maximum Gasteiger partial charge on any atom is 0.241 e. The van der Waals surface area contributed by atoms with Gasteiger partial charge in [0.05, 0.1) is 16.5 Å². The van der Waals surface area contributed by atoms with Crippen molar-refractivity contribution in [1.82, 2.24) is 4.98 Å². The van der Waals surface area contributed by atoms with Crippen LogP contribution in [0.5, 0.6) is 0 Å². The molecule has 1 amide bonds. The van der Waals surface area contributed by atoms with E-state index in [2.05, 4.69) is 31.1 Å². The first kappa shape index (κ1) is 16.8. The Balaban J connectivity index is 2.06. The van der Waals surface area contributed by atoms with E-state index < -0.39 is 16.0 Å². The van der Waals surface area contributed by atoms with E-state index >= 15 is 0 Å². The number of nitrogens with one attached hydrogen (secondary N) is 1. The van der Waals surface area contributed by atoms with E-state index in [4.69, 9.17) is 0 Å². The molecule has 22 heavy (non-hydrogen) atoms. The lowest BCUT2D eigenvalue weighted by Gasteiger charge is -2.14. The fraction of sp³-hybridized carbons (Fsp3) is 0.375. The molecule has 2 rings (SSSR count). The highest BCUT2D eigenvalue weighted by Gasteiger charge is 2.23. The van der Waals surface area contributed by atoms with Crippen molar-refractivity contribution in [1.29, 1.82) is 0 Å². The number of rotatable bonds is 4. The van der Waals surface area contributed by atoms with Gasteiger partial charge < -0.3 is 5.32 Å². The van der Waals surface area contributed by atoms with Gasteiger partial charge in [0.2, 0.25) is 5.91 Å². The van der Waals surface area contributed by atoms with Crippen LogP contribution in [0.4, 0.5) is 5.13 Å². The zero-order valence-electron chi connectivity index (χ0n) is 13.1. The summed E-state index contributed by atoms with van der Waals surface area (Å²) in [4.78, 5) is 17.3. The van der Waals surface area contributed by atoms with E-state index in [-0.39, 0.29) is 11.3 Å². The highest BCUT2D eigenvalue weighted by molar-refractivity contribution is 7.86. The Kier molecular flexibility index (Phi) is 5.13. The zero-order chi connectivity index (χ0) is 16.3. The Morgan fingerprint density at radius 2 is 1.91 bits per heavy atom. The first-order chi connectivity index (χ1) is 10.3. The van der Waals surface area contributed by atoms with Crippen LogP contribution in [0.15, 0.2) is 40.6 Å². The lowest BCUT2D eigenvalue weighted by molar-refractivity contribution is -0.115. The van der Waals surface area contributed by atoms with E-state index in [1.54, 1.807) is 19.1 Å². The summed E-state index contributed by atoms with van der Waals surface area (Å²) >= 11 is 1.39. The molecule has 4 nitrogen and oxygen atoms in total. The number of nitrogens with zero attached hydrogens (tertiary/aromatic N) is 1. The van der Waals surface area contributed by atoms with Crippen molar-refractivity contribution in [3.8, 4) is 0 Å². The molecule has 0 spiro atoms. The normalized spacial score (nSPS) is 14.4. The molecule has 0 saturated carbocycles. The van der Waals surface area contributed by atoms with Gasteiger partial charge in [-0.15, -0.1) is 11.3 Å². The van der Waals surface area contributed by atoms with Crippen LogP contribution in [0.2, 0.25) is 0 Å². The third kappa shape index (κ3) is 4.01. The van der Waals surface area contributed by atoms with Crippen LogP contribution in [-0.4, -0.2) is 20.3 Å². The molecule has 1 N–H and O–H groups in total. The number of thiazole rings is 1. The SMILES string of the molecule is CC(C(=O)Nc1nc(C(C)(C)C)cs1)S(=O)c1ccccc1. The van der Waals surface area contributed by atoms with Gasteiger partial charge in [-0.05, 0) is 19.1 Å². The largest absolute Gasteiger partial charge is 0.301 e. The first-order valence-electron chi connectivity index (χ1n) is 7.01. The number of carbonyl (C=O) groups excluding carboxylic acids is 1. The summed E-state index contributed by atoms with van der Waals surface area (Å²) in [5.41, 5.74) is 0.877. The minimum atomic E-state index is -1.38. The standard InChI is InChI=1S/C16H20N2O2S2/c1-11(22(20)12-8-6-5-7-9-12)14(19)18-15-17-13(10-21-15)16(2,3)4/h5-11H,1-4H3,(H,17,18,19). The van der Waals surface area contributed by atoms with Crippen molar-refractivity contribution in [3.05, 3.63) is 41.4 Å². The monoisotopic (exact) mass is 336 g/mol. The predicted molar refractivity (Wildman–Crippen MR) is 91.8 cm³/mol. The average molecular weight is 336 g/mol. The topological polar surface area (TPSA) is 59.1 Å². The molecule has 2 atom stereocenters. The van der Waals surface area contributed by atoms with Gasteiger partial charge in [-0.25, -0.2) is 4.98 Å². The van der Waals surface area contributed by atoms with Gasteiger partial charge in [-0.1, -0.05) is 39.0 Å². The number of hydrogen-bond acceptors (Lipinski definition) is 4. The van der Waals surface area contributed by atoms with Crippen LogP contribution in [0.3, 0.4) is 0 Å². The van der Waals surface area contributed by atoms with Gasteiger partial charge in [-0.3, -0.25) is 9.00 Å². The third-order valence-electron chi connectivity index (χ3n) is 3.17. The van der Waals surface area contributed by atoms with Crippen molar-refractivity contribution < 1.29 is 9.00 Å². The molecule has 0 aliphatic carbocycles. The van der Waals surface area contributed by atoms with Crippen LogP contribution in [0.25, 0.3) is 0 Å². The van der Waals surface area contributed by atoms with Crippen molar-refractivity contribution >= 4 is 33.2 Å². The fourth-order valence-electron chi connectivity index (χ4n) is 1.74. The molecular weight excluding hydrogens is 316 g/mol. The second-order valence-corrected chi connectivity index (χ2v) is 8.66. The molecular formula is C16H20N2O2S2. The number of carbonyl (C=O) groups is 1. The summed E-state index contributed by atoms with van der Waals surface area (Å²) in [6.07, 6.45) is 0. The second-order valence-electron chi connectivity index (χ2n) is 6.03. The van der Waals surface area contributed by atoms with E-state index in [1.807, 2.05) is 23.6 Å². The predicted octanol–water partition coefficient (Wildman–Crippen LogP) is 3.58. The minimum Gasteiger partial charge on any atom is -0.301 e. The minimum absolute atomic E-state index is 0.0576. The lowest BCUT2D eigenvalue weighted by atomic mass is 9.93. The summed E-state index contributed by atoms with van der Waals surface area (Å²) in [6, 6.07) is 9.01. The molecule has 2 unspecified atom stereocenters. The number of anilines is 1. The number of hydrogen-bond donors (Lipinski definition) is 1. The molecule has 6 heteroatoms. The van der Waals surface area contributed by atoms with Gasteiger partial charge in [0.25, 0.3) is 0 Å². The lowest BCUT2D eigenvalue weighted by Crippen LogP contribution is -2.29. The maximum absolute atomic E-state index is 12.4. The van der Waals surface area contributed by atoms with Gasteiger partial charge >= 0.3 is 0 Å². The van der Waals surface area contributed by atoms with E-state index in [1.165, 1.54) is 11.3 Å². The number of aromatic nitrogens is 1. The molecule has 0 bridgehead atoms. The second kappa shape index (κ2) is 6.71. The molecule has 1 aromatic carbocycles. The number of amides is 1. The van der Waals surface area contributed by atoms with Crippen molar-refractivity contribution in [2.45, 2.75) is 43.3 Å². The first-order valence-corrected chi connectivity index (χ1v) is 9.11. The Labute approximate surface area is 137 Å². The summed E-state index contributed by atoms with van der Waals surface area (Å²) < 4.78 is 12.4. The molecule has 1 heterocycles. The molecule has 2 aromatic rings. The van der Waals surface area contributed by atoms with E-state index in [0.717, 1.165) is 5.69 Å². The van der Waals surface area contributed by atoms with Crippen LogP contribution < -0.4 is 5.32 Å². The molecule has 0 aliphatic heterocycles.